The number of amides is 1. The normalized spacial score (nSPS) is 14.4. The first-order valence-corrected chi connectivity index (χ1v) is 9.74. The lowest BCUT2D eigenvalue weighted by atomic mass is 10.2. The van der Waals surface area contributed by atoms with E-state index in [1.54, 1.807) is 17.0 Å². The number of esters is 1. The molecule has 3 rings (SSSR count). The lowest BCUT2D eigenvalue weighted by molar-refractivity contribution is -0.136. The highest BCUT2D eigenvalue weighted by Crippen LogP contribution is 2.24. The number of benzene rings is 2. The average molecular weight is 437 g/mol. The monoisotopic (exact) mass is 436 g/mol. The van der Waals surface area contributed by atoms with Crippen molar-refractivity contribution >= 4 is 23.5 Å². The Hall–Kier alpha value is -2.84. The molecule has 0 radical (unpaired) electrons. The van der Waals surface area contributed by atoms with E-state index in [0.717, 1.165) is 0 Å². The van der Waals surface area contributed by atoms with Crippen molar-refractivity contribution in [2.24, 2.45) is 0 Å². The molecule has 1 amide bonds. The molecule has 9 heteroatoms. The molecule has 1 saturated heterocycles. The molecular formula is C21H22ClFN2O5. The highest BCUT2D eigenvalue weighted by molar-refractivity contribution is 6.31. The van der Waals surface area contributed by atoms with E-state index in [2.05, 4.69) is 0 Å². The second-order valence-corrected chi connectivity index (χ2v) is 7.22. The molecule has 0 aliphatic carbocycles. The number of nitrogens with zero attached hydrogens (tertiary/aromatic N) is 2. The van der Waals surface area contributed by atoms with Crippen molar-refractivity contribution in [2.75, 3.05) is 39.9 Å². The van der Waals surface area contributed by atoms with Crippen LogP contribution in [0.4, 0.5) is 4.39 Å². The maximum absolute atomic E-state index is 14.0. The number of ether oxygens (including phenoxy) is 2. The van der Waals surface area contributed by atoms with Crippen LogP contribution in [0.1, 0.15) is 15.9 Å². The van der Waals surface area contributed by atoms with Crippen molar-refractivity contribution in [3.8, 4) is 11.5 Å². The summed E-state index contributed by atoms with van der Waals surface area (Å²) in [5.41, 5.74) is 0.361. The number of hydrogen-bond acceptors (Lipinski definition) is 6. The van der Waals surface area contributed by atoms with Gasteiger partial charge in [0.05, 0.1) is 7.11 Å². The van der Waals surface area contributed by atoms with Crippen LogP contribution in [0.2, 0.25) is 5.02 Å². The number of halogens is 2. The van der Waals surface area contributed by atoms with Crippen LogP contribution in [-0.2, 0) is 16.1 Å². The minimum Gasteiger partial charge on any atom is -0.507 e. The van der Waals surface area contributed by atoms with Crippen molar-refractivity contribution in [1.29, 1.82) is 0 Å². The zero-order valence-electron chi connectivity index (χ0n) is 16.4. The van der Waals surface area contributed by atoms with E-state index in [1.165, 1.54) is 31.4 Å². The van der Waals surface area contributed by atoms with Gasteiger partial charge in [0, 0.05) is 43.3 Å². The molecule has 7 nitrogen and oxygen atoms in total. The minimum absolute atomic E-state index is 0.0752. The van der Waals surface area contributed by atoms with Gasteiger partial charge in [-0.2, -0.15) is 0 Å². The molecule has 1 N–H and O–H groups in total. The third-order valence-electron chi connectivity index (χ3n) is 4.92. The molecule has 1 aliphatic heterocycles. The van der Waals surface area contributed by atoms with E-state index < -0.39 is 12.6 Å². The molecule has 160 valence electrons. The SMILES string of the molecule is COc1ccc(O)c(C(=O)OCC(=O)N2CCN(Cc3c(F)cccc3Cl)CC2)c1. The summed E-state index contributed by atoms with van der Waals surface area (Å²) in [4.78, 5) is 28.1. The second kappa shape index (κ2) is 9.77. The largest absolute Gasteiger partial charge is 0.507 e. The van der Waals surface area contributed by atoms with Crippen molar-refractivity contribution in [2.45, 2.75) is 6.54 Å². The van der Waals surface area contributed by atoms with E-state index in [9.17, 15) is 19.1 Å². The van der Waals surface area contributed by atoms with Crippen LogP contribution in [-0.4, -0.2) is 66.7 Å². The van der Waals surface area contributed by atoms with Gasteiger partial charge < -0.3 is 19.5 Å². The number of piperazine rings is 1. The predicted molar refractivity (Wildman–Crippen MR) is 108 cm³/mol. The van der Waals surface area contributed by atoms with Crippen LogP contribution < -0.4 is 4.74 Å². The van der Waals surface area contributed by atoms with Crippen LogP contribution >= 0.6 is 11.6 Å². The zero-order chi connectivity index (χ0) is 21.7. The van der Waals surface area contributed by atoms with Gasteiger partial charge in [-0.15, -0.1) is 0 Å². The fourth-order valence-electron chi connectivity index (χ4n) is 3.16. The predicted octanol–water partition coefficient (Wildman–Crippen LogP) is 2.69. The number of aromatic hydroxyl groups is 1. The molecule has 1 aliphatic rings. The average Bonchev–Trinajstić information content (AvgIpc) is 2.75. The summed E-state index contributed by atoms with van der Waals surface area (Å²) < 4.78 is 24.0. The summed E-state index contributed by atoms with van der Waals surface area (Å²) >= 11 is 6.07. The van der Waals surface area contributed by atoms with Gasteiger partial charge >= 0.3 is 5.97 Å². The van der Waals surface area contributed by atoms with Gasteiger partial charge in [0.1, 0.15) is 22.9 Å². The van der Waals surface area contributed by atoms with Crippen molar-refractivity contribution in [3.63, 3.8) is 0 Å². The lowest BCUT2D eigenvalue weighted by Gasteiger charge is -2.34. The summed E-state index contributed by atoms with van der Waals surface area (Å²) in [6, 6.07) is 8.74. The number of methoxy groups -OCH3 is 1. The number of hydrogen-bond donors (Lipinski definition) is 1. The van der Waals surface area contributed by atoms with Gasteiger partial charge in [0.15, 0.2) is 6.61 Å². The van der Waals surface area contributed by atoms with Gasteiger partial charge in [-0.25, -0.2) is 9.18 Å². The first-order chi connectivity index (χ1) is 14.4. The first kappa shape index (κ1) is 21.9. The summed E-state index contributed by atoms with van der Waals surface area (Å²) in [5, 5.41) is 10.2. The first-order valence-electron chi connectivity index (χ1n) is 9.36. The molecular weight excluding hydrogens is 415 g/mol. The Kier molecular flexibility index (Phi) is 7.12. The van der Waals surface area contributed by atoms with Crippen LogP contribution in [0.25, 0.3) is 0 Å². The number of rotatable bonds is 6. The number of carbonyl (C=O) groups excluding carboxylic acids is 2. The highest BCUT2D eigenvalue weighted by atomic mass is 35.5. The fraction of sp³-hybridized carbons (Fsp3) is 0.333. The Bertz CT molecular complexity index is 911. The van der Waals surface area contributed by atoms with Gasteiger partial charge in [0.25, 0.3) is 5.91 Å². The summed E-state index contributed by atoms with van der Waals surface area (Å²) in [6.07, 6.45) is 0. The standard InChI is InChI=1S/C21H22ClFN2O5/c1-29-14-5-6-19(26)15(11-14)21(28)30-13-20(27)25-9-7-24(8-10-25)12-16-17(22)3-2-4-18(16)23/h2-6,11,26H,7-10,12-13H2,1H3. The Morgan fingerprint density at radius 1 is 1.17 bits per heavy atom. The molecule has 0 atom stereocenters. The molecule has 0 bridgehead atoms. The Labute approximate surface area is 178 Å². The van der Waals surface area contributed by atoms with Crippen molar-refractivity contribution < 1.29 is 28.6 Å². The van der Waals surface area contributed by atoms with Crippen molar-refractivity contribution in [3.05, 3.63) is 58.4 Å². The van der Waals surface area contributed by atoms with Gasteiger partial charge in [-0.1, -0.05) is 17.7 Å². The molecule has 0 saturated carbocycles. The van der Waals surface area contributed by atoms with Gasteiger partial charge in [0.2, 0.25) is 0 Å². The third kappa shape index (κ3) is 5.20. The molecule has 30 heavy (non-hydrogen) atoms. The smallest absolute Gasteiger partial charge is 0.342 e. The topological polar surface area (TPSA) is 79.3 Å². The molecule has 1 fully saturated rings. The second-order valence-electron chi connectivity index (χ2n) is 6.82. The van der Waals surface area contributed by atoms with Crippen LogP contribution in [0.3, 0.4) is 0 Å². The van der Waals surface area contributed by atoms with Crippen LogP contribution in [0.15, 0.2) is 36.4 Å². The molecule has 0 spiro atoms. The third-order valence-corrected chi connectivity index (χ3v) is 5.27. The van der Waals surface area contributed by atoms with Crippen molar-refractivity contribution in [1.82, 2.24) is 9.80 Å². The van der Waals surface area contributed by atoms with Gasteiger partial charge in [-0.3, -0.25) is 9.69 Å². The van der Waals surface area contributed by atoms with E-state index >= 15 is 0 Å². The maximum Gasteiger partial charge on any atom is 0.342 e. The summed E-state index contributed by atoms with van der Waals surface area (Å²) in [6.45, 7) is 1.86. The minimum atomic E-state index is -0.812. The summed E-state index contributed by atoms with van der Waals surface area (Å²) in [7, 11) is 1.44. The molecule has 0 unspecified atom stereocenters. The Morgan fingerprint density at radius 2 is 1.90 bits per heavy atom. The number of carbonyl (C=O) groups is 2. The molecule has 2 aromatic rings. The van der Waals surface area contributed by atoms with E-state index in [4.69, 9.17) is 21.1 Å². The number of phenolic OH excluding ortho intramolecular Hbond substituents is 1. The highest BCUT2D eigenvalue weighted by Gasteiger charge is 2.24. The Balaban J connectivity index is 1.49. The maximum atomic E-state index is 14.0. The fourth-order valence-corrected chi connectivity index (χ4v) is 3.39. The summed E-state index contributed by atoms with van der Waals surface area (Å²) in [5.74, 6) is -1.37. The molecule has 2 aromatic carbocycles. The number of phenols is 1. The van der Waals surface area contributed by atoms with E-state index in [-0.39, 0.29) is 23.0 Å². The van der Waals surface area contributed by atoms with E-state index in [1.807, 2.05) is 4.90 Å². The van der Waals surface area contributed by atoms with Crippen LogP contribution in [0, 0.1) is 5.82 Å². The molecule has 0 aromatic heterocycles. The van der Waals surface area contributed by atoms with Crippen LogP contribution in [0.5, 0.6) is 11.5 Å². The van der Waals surface area contributed by atoms with Gasteiger partial charge in [-0.05, 0) is 30.3 Å². The van der Waals surface area contributed by atoms with E-state index in [0.29, 0.717) is 49.1 Å². The molecule has 1 heterocycles. The lowest BCUT2D eigenvalue weighted by Crippen LogP contribution is -2.49. The zero-order valence-corrected chi connectivity index (χ0v) is 17.2. The Morgan fingerprint density at radius 3 is 2.57 bits per heavy atom. The quantitative estimate of drug-likeness (QED) is 0.701.